The van der Waals surface area contributed by atoms with Crippen LogP contribution in [0.2, 0.25) is 0 Å². The number of carbonyl (C=O) groups is 3. The Morgan fingerprint density at radius 1 is 1.19 bits per heavy atom. The van der Waals surface area contributed by atoms with Gasteiger partial charge in [0.2, 0.25) is 17.7 Å². The van der Waals surface area contributed by atoms with Crippen LogP contribution in [0.1, 0.15) is 37.1 Å². The fourth-order valence-electron chi connectivity index (χ4n) is 3.88. The lowest BCUT2D eigenvalue weighted by Gasteiger charge is -2.44. The van der Waals surface area contributed by atoms with E-state index in [4.69, 9.17) is 12.2 Å². The van der Waals surface area contributed by atoms with Crippen LogP contribution in [0, 0.1) is 10.7 Å². The minimum atomic E-state index is -0.615. The molecule has 1 aromatic heterocycles. The Labute approximate surface area is 169 Å². The smallest absolute Gasteiger partial charge is 0.247 e. The molecule has 140 valence electrons. The molecular formula is C19H18N2O3S3. The van der Waals surface area contributed by atoms with Gasteiger partial charge in [-0.25, -0.2) is 0 Å². The van der Waals surface area contributed by atoms with Gasteiger partial charge in [0.15, 0.2) is 0 Å². The molecule has 2 aliphatic rings. The van der Waals surface area contributed by atoms with Crippen LogP contribution in [0.15, 0.2) is 18.2 Å². The summed E-state index contributed by atoms with van der Waals surface area (Å²) in [5, 5.41) is 0. The summed E-state index contributed by atoms with van der Waals surface area (Å²) < 4.78 is 0.826. The fraction of sp³-hybridized carbons (Fsp3) is 0.368. The number of hydrogen-bond acceptors (Lipinski definition) is 6. The maximum absolute atomic E-state index is 13.4. The number of fused-ring (bicyclic) bond motifs is 3. The summed E-state index contributed by atoms with van der Waals surface area (Å²) in [6, 6.07) is 5.91. The van der Waals surface area contributed by atoms with E-state index in [0.29, 0.717) is 0 Å². The number of benzene rings is 1. The second kappa shape index (κ2) is 6.32. The van der Waals surface area contributed by atoms with Crippen molar-refractivity contribution in [1.82, 2.24) is 4.90 Å². The van der Waals surface area contributed by atoms with Crippen LogP contribution >= 0.6 is 32.9 Å². The Morgan fingerprint density at radius 3 is 2.52 bits per heavy atom. The molecule has 8 heteroatoms. The summed E-state index contributed by atoms with van der Waals surface area (Å²) in [6.07, 6.45) is 0.363. The third-order valence-electron chi connectivity index (χ3n) is 5.17. The van der Waals surface area contributed by atoms with Crippen molar-refractivity contribution in [3.05, 3.63) is 32.5 Å². The summed E-state index contributed by atoms with van der Waals surface area (Å²) in [5.74, 6) is -0.811. The highest BCUT2D eigenvalue weighted by Gasteiger charge is 2.44. The monoisotopic (exact) mass is 418 g/mol. The zero-order chi connectivity index (χ0) is 19.5. The first kappa shape index (κ1) is 18.5. The van der Waals surface area contributed by atoms with E-state index in [1.807, 2.05) is 39.0 Å². The van der Waals surface area contributed by atoms with Crippen LogP contribution in [0.4, 0.5) is 5.69 Å². The molecule has 3 heterocycles. The molecule has 2 aliphatic heterocycles. The van der Waals surface area contributed by atoms with E-state index in [2.05, 4.69) is 0 Å². The van der Waals surface area contributed by atoms with Gasteiger partial charge in [-0.1, -0.05) is 51.1 Å². The van der Waals surface area contributed by atoms with E-state index in [1.165, 1.54) is 10.3 Å². The van der Waals surface area contributed by atoms with Gasteiger partial charge >= 0.3 is 0 Å². The van der Waals surface area contributed by atoms with E-state index in [-0.39, 0.29) is 37.1 Å². The molecule has 0 spiro atoms. The number of amides is 3. The molecule has 0 N–H and O–H groups in total. The Morgan fingerprint density at radius 2 is 1.85 bits per heavy atom. The number of nitrogens with zero attached hydrogens (tertiary/aromatic N) is 2. The summed E-state index contributed by atoms with van der Waals surface area (Å²) in [4.78, 5) is 41.2. The van der Waals surface area contributed by atoms with Crippen molar-refractivity contribution in [2.45, 2.75) is 39.2 Å². The first-order valence-corrected chi connectivity index (χ1v) is 11.2. The van der Waals surface area contributed by atoms with Crippen molar-refractivity contribution in [2.75, 3.05) is 11.4 Å². The van der Waals surface area contributed by atoms with Gasteiger partial charge in [0, 0.05) is 24.0 Å². The van der Waals surface area contributed by atoms with E-state index >= 15 is 0 Å². The average Bonchev–Trinajstić information content (AvgIpc) is 3.14. The number of rotatable bonds is 2. The number of likely N-dealkylation sites (tertiary alicyclic amines) is 1. The van der Waals surface area contributed by atoms with Crippen molar-refractivity contribution >= 4 is 56.3 Å². The third kappa shape index (κ3) is 2.69. The highest BCUT2D eigenvalue weighted by Crippen LogP contribution is 2.53. The molecule has 5 nitrogen and oxygen atoms in total. The molecule has 1 fully saturated rings. The minimum absolute atomic E-state index is 0.182. The van der Waals surface area contributed by atoms with Crippen LogP contribution < -0.4 is 4.90 Å². The molecule has 0 radical (unpaired) electrons. The molecule has 4 rings (SSSR count). The topological polar surface area (TPSA) is 57.7 Å². The van der Waals surface area contributed by atoms with Crippen molar-refractivity contribution in [3.63, 3.8) is 0 Å². The predicted octanol–water partition coefficient (Wildman–Crippen LogP) is 4.25. The fourth-order valence-corrected chi connectivity index (χ4v) is 7.16. The van der Waals surface area contributed by atoms with Gasteiger partial charge in [-0.05, 0) is 26.3 Å². The van der Waals surface area contributed by atoms with Gasteiger partial charge < -0.3 is 0 Å². The first-order chi connectivity index (χ1) is 12.7. The average molecular weight is 419 g/mol. The number of hydrogen-bond donors (Lipinski definition) is 0. The van der Waals surface area contributed by atoms with E-state index < -0.39 is 5.54 Å². The zero-order valence-electron chi connectivity index (χ0n) is 15.2. The number of anilines is 1. The Bertz CT molecular complexity index is 1030. The summed E-state index contributed by atoms with van der Waals surface area (Å²) in [6.45, 7) is 5.72. The maximum atomic E-state index is 13.4. The molecule has 0 unspecified atom stereocenters. The molecule has 1 saturated heterocycles. The third-order valence-corrected chi connectivity index (χ3v) is 8.50. The maximum Gasteiger partial charge on any atom is 0.247 e. The van der Waals surface area contributed by atoms with Gasteiger partial charge in [-0.2, -0.15) is 0 Å². The van der Waals surface area contributed by atoms with Gasteiger partial charge in [-0.15, -0.1) is 0 Å². The van der Waals surface area contributed by atoms with Crippen molar-refractivity contribution in [3.8, 4) is 11.1 Å². The van der Waals surface area contributed by atoms with Crippen molar-refractivity contribution in [2.24, 2.45) is 0 Å². The van der Waals surface area contributed by atoms with Crippen LogP contribution in [0.3, 0.4) is 0 Å². The highest BCUT2D eigenvalue weighted by atomic mass is 32.9. The Balaban J connectivity index is 1.86. The second-order valence-corrected chi connectivity index (χ2v) is 10.1. The zero-order valence-corrected chi connectivity index (χ0v) is 17.6. The van der Waals surface area contributed by atoms with Crippen molar-refractivity contribution < 1.29 is 14.4 Å². The number of imide groups is 1. The molecule has 1 aromatic carbocycles. The molecule has 0 saturated carbocycles. The van der Waals surface area contributed by atoms with E-state index in [1.54, 1.807) is 15.2 Å². The molecule has 0 aliphatic carbocycles. The minimum Gasteiger partial charge on any atom is -0.299 e. The molecule has 2 aromatic rings. The van der Waals surface area contributed by atoms with Crippen molar-refractivity contribution in [1.29, 1.82) is 0 Å². The van der Waals surface area contributed by atoms with Crippen LogP contribution in [0.25, 0.3) is 11.1 Å². The van der Waals surface area contributed by atoms with Gasteiger partial charge in [0.25, 0.3) is 0 Å². The molecule has 3 amide bonds. The van der Waals surface area contributed by atoms with Gasteiger partial charge in [0.05, 0.1) is 16.1 Å². The molecular weight excluding hydrogens is 400 g/mol. The van der Waals surface area contributed by atoms with E-state index in [9.17, 15) is 14.4 Å². The largest absolute Gasteiger partial charge is 0.299 e. The second-order valence-electron chi connectivity index (χ2n) is 7.29. The SMILES string of the molecule is Cc1cccc2c1N(C(=O)CN1C(=O)CCC1=O)C(C)(C)c1ssc(=S)c1-2. The van der Waals surface area contributed by atoms with Crippen LogP contribution in [0.5, 0.6) is 0 Å². The summed E-state index contributed by atoms with van der Waals surface area (Å²) in [5.41, 5.74) is 3.13. The van der Waals surface area contributed by atoms with Gasteiger partial charge in [-0.3, -0.25) is 24.2 Å². The van der Waals surface area contributed by atoms with E-state index in [0.717, 1.165) is 36.0 Å². The summed E-state index contributed by atoms with van der Waals surface area (Å²) >= 11 is 5.57. The van der Waals surface area contributed by atoms with Crippen LogP contribution in [-0.4, -0.2) is 29.2 Å². The predicted molar refractivity (Wildman–Crippen MR) is 110 cm³/mol. The number of para-hydroxylation sites is 1. The summed E-state index contributed by atoms with van der Waals surface area (Å²) in [7, 11) is 3.13. The first-order valence-electron chi connectivity index (χ1n) is 8.63. The standard InChI is InChI=1S/C19H18N2O3S3/c1-10-5-4-6-11-15-17(26-27-18(15)25)19(2,3)21(16(10)11)14(24)9-20-12(22)7-8-13(20)23/h4-6H,7-9H2,1-3H3. The normalized spacial score (nSPS) is 17.9. The lowest BCUT2D eigenvalue weighted by Crippen LogP contribution is -2.52. The lowest BCUT2D eigenvalue weighted by atomic mass is 9.86. The molecule has 27 heavy (non-hydrogen) atoms. The lowest BCUT2D eigenvalue weighted by molar-refractivity contribution is -0.142. The van der Waals surface area contributed by atoms with Crippen LogP contribution in [-0.2, 0) is 19.9 Å². The quantitative estimate of drug-likeness (QED) is 0.416. The highest BCUT2D eigenvalue weighted by molar-refractivity contribution is 7.80. The number of aryl methyl sites for hydroxylation is 1. The van der Waals surface area contributed by atoms with Gasteiger partial charge in [0.1, 0.15) is 10.4 Å². The Hall–Kier alpha value is -1.90. The molecule has 0 bridgehead atoms. The molecule has 0 atom stereocenters. The number of carbonyl (C=O) groups excluding carboxylic acids is 3. The Kier molecular flexibility index (Phi) is 4.32.